The Kier molecular flexibility index (Phi) is 83.5. The van der Waals surface area contributed by atoms with Crippen molar-refractivity contribution >= 4 is 44.7 Å². The first-order chi connectivity index (χ1) is 46.9. The van der Waals surface area contributed by atoms with Crippen LogP contribution < -0.4 is 61.0 Å². The molecule has 0 aromatic rings. The van der Waals surface area contributed by atoms with E-state index in [4.69, 9.17) is 91.9 Å². The van der Waals surface area contributed by atoms with Crippen molar-refractivity contribution in [3.05, 3.63) is 91.9 Å². The number of hydrogen-bond donors (Lipinski definition) is 12. The molecule has 0 saturated heterocycles. The molecule has 0 aliphatic rings. The molecule has 42 nitrogen and oxygen atoms in total. The molecule has 0 aliphatic carbocycles. The van der Waals surface area contributed by atoms with Gasteiger partial charge in [-0.15, -0.1) is 0 Å². The fourth-order valence-corrected chi connectivity index (χ4v) is 20.7. The number of hydrogen-bond acceptors (Lipinski definition) is 24. The SMILES string of the molecule is CC(C)NP(=O)(NC(C)C)C(C)(C)C.CC(C)NP(=O)(NC(C)C)C(C)(C)C.CC(C)NP(=O)(NC(C)C)C(C)(C)C.CC(C)NP(=O)(NC(C)C)C(C)(C)C.CC(C)NP(=O)(NC(C)C)C(C)(C)C.CC(C)NP(=O)(NC(C)C)C(C)(C)C.O=[N+]([O-])[O-].O=[N+]([O-])[O-].O=[N+]([O-])[O-].O=[N+]([O-])[O-].O=[N+]([O-])[O-].O=[N+]([O-])[O-].[La+3].[La+3]. The van der Waals surface area contributed by atoms with E-state index in [0.29, 0.717) is 0 Å². The van der Waals surface area contributed by atoms with Gasteiger partial charge in [0.05, 0.1) is 30.5 Å². The Balaban J connectivity index is -0.0000000786. The molecule has 0 heterocycles. The molecule has 0 aliphatic heterocycles. The molecule has 0 radical (unpaired) electrons. The molecule has 12 N–H and O–H groups in total. The average Bonchev–Trinajstić information content (AvgIpc) is 0.863. The van der Waals surface area contributed by atoms with Crippen LogP contribution in [0.25, 0.3) is 0 Å². The molecule has 660 valence electrons. The zero-order valence-electron chi connectivity index (χ0n) is 74.2. The summed E-state index contributed by atoms with van der Waals surface area (Å²) in [4.78, 5) is 49.5. The molecule has 0 amide bonds. The molecule has 0 atom stereocenters. The van der Waals surface area contributed by atoms with Gasteiger partial charge in [-0.05, 0) is 166 Å². The van der Waals surface area contributed by atoms with Crippen LogP contribution in [0.15, 0.2) is 0 Å². The number of nitrogens with zero attached hydrogens (tertiary/aromatic N) is 6. The summed E-state index contributed by atoms with van der Waals surface area (Å²) < 4.78 is 75.8. The first kappa shape index (κ1) is 140. The molecule has 0 aromatic heterocycles. The molecule has 0 spiro atoms. The monoisotopic (exact) mass is 1970 g/mol. The predicted octanol–water partition coefficient (Wildman–Crippen LogP) is 16.4. The molecule has 0 unspecified atom stereocenters. The third-order valence-electron chi connectivity index (χ3n) is 10.9. The summed E-state index contributed by atoms with van der Waals surface area (Å²) in [6.07, 6.45) is 0. The summed E-state index contributed by atoms with van der Waals surface area (Å²) >= 11 is 0. The van der Waals surface area contributed by atoms with Crippen molar-refractivity contribution < 1.29 is 129 Å². The second-order valence-corrected chi connectivity index (χ2v) is 51.9. The van der Waals surface area contributed by atoms with Gasteiger partial charge in [-0.1, -0.05) is 125 Å². The van der Waals surface area contributed by atoms with E-state index >= 15 is 0 Å². The first-order valence-electron chi connectivity index (χ1n) is 34.7. The van der Waals surface area contributed by atoms with Crippen LogP contribution in [0.4, 0.5) is 0 Å². The van der Waals surface area contributed by atoms with Crippen LogP contribution in [-0.2, 0) is 27.4 Å². The van der Waals surface area contributed by atoms with Crippen molar-refractivity contribution in [1.82, 2.24) is 61.0 Å². The van der Waals surface area contributed by atoms with E-state index in [-0.39, 0.29) is 175 Å². The van der Waals surface area contributed by atoms with Gasteiger partial charge >= 0.3 is 71.2 Å². The minimum Gasteiger partial charge on any atom is -0.356 e. The topological polar surface area (TPSA) is 644 Å². The van der Waals surface area contributed by atoms with Crippen molar-refractivity contribution in [2.45, 2.75) is 394 Å². The fourth-order valence-electron chi connectivity index (χ4n) is 6.91. The van der Waals surface area contributed by atoms with Gasteiger partial charge in [0.2, 0.25) is 44.7 Å². The van der Waals surface area contributed by atoms with Crippen LogP contribution in [0.3, 0.4) is 0 Å². The Bertz CT molecular complexity index is 2170. The molecule has 0 rings (SSSR count). The van der Waals surface area contributed by atoms with Crippen molar-refractivity contribution in [3.8, 4) is 0 Å². The standard InChI is InChI=1S/6C10H25N2OP.2La.6NO3/c6*1-8(2)11-14(13,10(5,6)7)12-9(3)4;;;6*2-1(3)4/h6*8-9H,1-7H3,(H2,11,12,13);;;;;;;;/q;;;;;;2*+3;6*-1. The van der Waals surface area contributed by atoms with Crippen LogP contribution in [0.2, 0.25) is 0 Å². The Labute approximate surface area is 715 Å². The molecular weight excluding hydrogens is 1820 g/mol. The molecule has 0 bridgehead atoms. The van der Waals surface area contributed by atoms with Crippen LogP contribution in [0.1, 0.15) is 291 Å². The molecule has 50 heteroatoms. The van der Waals surface area contributed by atoms with Crippen LogP contribution in [-0.4, -0.2) is 134 Å². The molecular formula is C60H150La2N18O24P6. The van der Waals surface area contributed by atoms with Gasteiger partial charge in [-0.25, -0.2) is 0 Å². The Morgan fingerprint density at radius 3 is 0.227 bits per heavy atom. The number of nitrogens with one attached hydrogen (secondary N) is 12. The fraction of sp³-hybridized carbons (Fsp3) is 1.00. The summed E-state index contributed by atoms with van der Waals surface area (Å²) in [5, 5.41) is 125. The average molecular weight is 1970 g/mol. The second-order valence-electron chi connectivity index (χ2n) is 33.4. The smallest absolute Gasteiger partial charge is 0.356 e. The normalized spacial score (nSPS) is 12.1. The predicted molar refractivity (Wildman–Crippen MR) is 446 cm³/mol. The van der Waals surface area contributed by atoms with Gasteiger partial charge in [0, 0.05) is 103 Å². The van der Waals surface area contributed by atoms with E-state index in [1.54, 1.807) is 0 Å². The Morgan fingerprint density at radius 1 is 0.173 bits per heavy atom. The van der Waals surface area contributed by atoms with Gasteiger partial charge in [0.25, 0.3) is 0 Å². The molecule has 110 heavy (non-hydrogen) atoms. The van der Waals surface area contributed by atoms with Crippen molar-refractivity contribution in [2.24, 2.45) is 0 Å². The summed E-state index contributed by atoms with van der Waals surface area (Å²) in [5.74, 6) is 0. The van der Waals surface area contributed by atoms with Crippen LogP contribution >= 0.6 is 44.7 Å². The molecule has 0 fully saturated rings. The number of rotatable bonds is 24. The Hall–Kier alpha value is -1.51. The van der Waals surface area contributed by atoms with E-state index in [0.717, 1.165) is 0 Å². The molecule has 0 saturated carbocycles. The van der Waals surface area contributed by atoms with Crippen molar-refractivity contribution in [1.29, 1.82) is 0 Å². The third kappa shape index (κ3) is 93.6. The maximum Gasteiger partial charge on any atom is 3.00 e. The van der Waals surface area contributed by atoms with Gasteiger partial charge in [0.15, 0.2) is 0 Å². The van der Waals surface area contributed by atoms with Gasteiger partial charge in [0.1, 0.15) is 0 Å². The van der Waals surface area contributed by atoms with E-state index in [9.17, 15) is 27.4 Å². The minimum atomic E-state index is -2.52. The van der Waals surface area contributed by atoms with Gasteiger partial charge in [-0.2, -0.15) is 0 Å². The summed E-state index contributed by atoms with van der Waals surface area (Å²) in [6.45, 7) is 84.3. The van der Waals surface area contributed by atoms with E-state index in [1.165, 1.54) is 0 Å². The molecule has 0 aromatic carbocycles. The van der Waals surface area contributed by atoms with Crippen LogP contribution in [0, 0.1) is 163 Å². The van der Waals surface area contributed by atoms with Gasteiger partial charge in [-0.3, -0.25) is 88.4 Å². The van der Waals surface area contributed by atoms with Crippen molar-refractivity contribution in [2.75, 3.05) is 0 Å². The maximum absolute atomic E-state index is 12.6. The van der Waals surface area contributed by atoms with Crippen LogP contribution in [0.5, 0.6) is 0 Å². The van der Waals surface area contributed by atoms with E-state index in [1.807, 2.05) is 291 Å². The van der Waals surface area contributed by atoms with E-state index in [2.05, 4.69) is 61.0 Å². The summed E-state index contributed by atoms with van der Waals surface area (Å²) in [6, 6.07) is 2.74. The third-order valence-corrected chi connectivity index (χ3v) is 32.8. The first-order valence-corrected chi connectivity index (χ1v) is 45.0. The largest absolute Gasteiger partial charge is 3.00 e. The van der Waals surface area contributed by atoms with Gasteiger partial charge < -0.3 is 91.9 Å². The maximum atomic E-state index is 12.6. The second kappa shape index (κ2) is 65.4. The zero-order valence-corrected chi connectivity index (χ0v) is 86.9. The quantitative estimate of drug-likeness (QED) is 0.0243. The minimum absolute atomic E-state index is 0. The van der Waals surface area contributed by atoms with E-state index < -0.39 is 75.2 Å². The van der Waals surface area contributed by atoms with Crippen molar-refractivity contribution in [3.63, 3.8) is 0 Å². The Morgan fingerprint density at radius 2 is 0.209 bits per heavy atom. The zero-order chi connectivity index (χ0) is 90.9. The summed E-state index contributed by atoms with van der Waals surface area (Å²) in [7, 11) is -15.1. The summed E-state index contributed by atoms with van der Waals surface area (Å²) in [5.41, 5.74) is 0.